The van der Waals surface area contributed by atoms with Crippen molar-refractivity contribution in [1.82, 2.24) is 21.3 Å². The van der Waals surface area contributed by atoms with Gasteiger partial charge < -0.3 is 158 Å². The third-order valence-electron chi connectivity index (χ3n) is 20.8. The van der Waals surface area contributed by atoms with Crippen molar-refractivity contribution in [2.24, 2.45) is 0 Å². The number of aliphatic carboxylic acids is 12. The largest absolute Gasteiger partial charge is 0.493 e. The molecule has 0 saturated carbocycles. The lowest BCUT2D eigenvalue weighted by Gasteiger charge is -2.40. The molecule has 138 heavy (non-hydrogen) atoms. The average Bonchev–Trinajstić information content (AvgIpc) is 0.750. The molecule has 8 bridgehead atoms. The Labute approximate surface area is 790 Å². The second kappa shape index (κ2) is 56.1. The molecule has 10 aliphatic rings. The van der Waals surface area contributed by atoms with Crippen LogP contribution >= 0.6 is 0 Å². The maximum atomic E-state index is 15.8. The zero-order valence-corrected chi connectivity index (χ0v) is 77.5. The number of benzene rings is 4. The summed E-state index contributed by atoms with van der Waals surface area (Å²) in [4.78, 5) is 207. The van der Waals surface area contributed by atoms with Crippen LogP contribution in [0.15, 0.2) is 48.5 Å². The minimum absolute atomic E-state index is 0.0407. The Kier molecular flexibility index (Phi) is 47.0. The van der Waals surface area contributed by atoms with Crippen molar-refractivity contribution in [2.75, 3.05) is 185 Å². The van der Waals surface area contributed by atoms with Crippen LogP contribution in [0.2, 0.25) is 0 Å². The highest BCUT2D eigenvalue weighted by Gasteiger charge is 2.48. The van der Waals surface area contributed by atoms with E-state index >= 15 is 19.2 Å². The fourth-order valence-electron chi connectivity index (χ4n) is 15.6. The number of carbonyl (C=O) groups is 16. The first-order chi connectivity index (χ1) is 65.0. The van der Waals surface area contributed by atoms with Crippen LogP contribution in [0.25, 0.3) is 0 Å². The number of nitrogens with one attached hydrogen (secondary N) is 4. The Hall–Kier alpha value is -12.9. The molecule has 14 rings (SSSR count). The zero-order valence-electron chi connectivity index (χ0n) is 77.5. The van der Waals surface area contributed by atoms with Crippen LogP contribution in [0.5, 0.6) is 23.0 Å². The normalized spacial score (nSPS) is 13.6. The predicted molar refractivity (Wildman–Crippen MR) is 469 cm³/mol. The predicted octanol–water partition coefficient (Wildman–Crippen LogP) is 1.71. The van der Waals surface area contributed by atoms with Gasteiger partial charge in [-0.25, -0.2) is 57.5 Å². The number of carbonyl (C=O) groups excluding carboxylic acids is 4. The third-order valence-corrected chi connectivity index (χ3v) is 20.8. The van der Waals surface area contributed by atoms with Gasteiger partial charge in [-0.2, -0.15) is 0 Å². The first kappa shape index (κ1) is 116. The molecule has 16 N–H and O–H groups in total. The summed E-state index contributed by atoms with van der Waals surface area (Å²) < 4.78 is 92.2. The monoisotopic (exact) mass is 1960 g/mol. The third kappa shape index (κ3) is 38.9. The van der Waals surface area contributed by atoms with Crippen molar-refractivity contribution < 1.29 is 214 Å². The molecule has 0 unspecified atom stereocenters. The SMILES string of the molecule is Cc1cc2cc(C)c1OCCCCOc1c(C)cc(cc1C)C(CC(=O)NC(COCC(=O)O)(COCC(=O)O)COCC(=O)O)(CC(=O)NC(COCC(=O)O)(COCC(=O)O)COCC(=O)O)c1cc(C)c(c(C)c1)OCCCCOc1c(C)cc(cc1C)C2(CC(=O)NC(COCC(=O)O)(COCC(=O)O)COCC(=O)O)CC(=O)NC(COCC(=O)O)(COCC(=O)O)COCC(=O)O. The second-order valence-corrected chi connectivity index (χ2v) is 33.4. The summed E-state index contributed by atoms with van der Waals surface area (Å²) >= 11 is 0. The molecule has 10 aliphatic heterocycles. The lowest BCUT2D eigenvalue weighted by molar-refractivity contribution is -0.151. The molecule has 0 atom stereocenters. The number of rotatable bonds is 60. The molecular weight excluding hydrogens is 1840 g/mol. The van der Waals surface area contributed by atoms with Crippen molar-refractivity contribution in [3.05, 3.63) is 115 Å². The van der Waals surface area contributed by atoms with Gasteiger partial charge in [-0.15, -0.1) is 0 Å². The lowest BCUT2D eigenvalue weighted by Crippen LogP contribution is -2.61. The highest BCUT2D eigenvalue weighted by molar-refractivity contribution is 5.87. The fraction of sp³-hybridized carbons (Fsp3) is 0.556. The molecule has 0 fully saturated rings. The topological polar surface area (TPSA) is 712 Å². The van der Waals surface area contributed by atoms with E-state index in [4.69, 9.17) is 75.8 Å². The molecular formula is C90H120N4O44. The van der Waals surface area contributed by atoms with E-state index in [0.717, 1.165) is 0 Å². The summed E-state index contributed by atoms with van der Waals surface area (Å²) in [7, 11) is 0. The molecule has 48 heteroatoms. The van der Waals surface area contributed by atoms with Gasteiger partial charge in [0.15, 0.2) is 0 Å². The summed E-state index contributed by atoms with van der Waals surface area (Å²) in [5.74, 6) is -21.3. The van der Waals surface area contributed by atoms with Crippen LogP contribution in [-0.4, -0.2) is 364 Å². The zero-order chi connectivity index (χ0) is 103. The molecule has 4 amide bonds. The number of carboxylic acids is 12. The van der Waals surface area contributed by atoms with E-state index < -0.39 is 312 Å². The molecule has 4 aromatic rings. The van der Waals surface area contributed by atoms with E-state index in [2.05, 4.69) is 21.3 Å². The molecule has 0 spiro atoms. The molecule has 0 aliphatic carbocycles. The van der Waals surface area contributed by atoms with Crippen molar-refractivity contribution >= 4 is 95.3 Å². The first-order valence-electron chi connectivity index (χ1n) is 42.8. The molecule has 0 radical (unpaired) electrons. The number of amides is 4. The van der Waals surface area contributed by atoms with Gasteiger partial charge in [0, 0.05) is 36.5 Å². The summed E-state index contributed by atoms with van der Waals surface area (Å²) in [6, 6.07) is 12.7. The summed E-state index contributed by atoms with van der Waals surface area (Å²) in [5, 5.41) is 128. The molecule has 4 aromatic carbocycles. The summed E-state index contributed by atoms with van der Waals surface area (Å²) in [5.41, 5.74) is -9.20. The van der Waals surface area contributed by atoms with Crippen LogP contribution in [0.4, 0.5) is 0 Å². The van der Waals surface area contributed by atoms with Gasteiger partial charge in [0.05, 0.1) is 106 Å². The van der Waals surface area contributed by atoms with E-state index in [0.29, 0.717) is 44.5 Å². The maximum absolute atomic E-state index is 15.8. The molecule has 0 aromatic heterocycles. The van der Waals surface area contributed by atoms with Crippen molar-refractivity contribution in [1.29, 1.82) is 0 Å². The minimum atomic E-state index is -2.15. The van der Waals surface area contributed by atoms with E-state index in [1.807, 2.05) is 0 Å². The van der Waals surface area contributed by atoms with Gasteiger partial charge >= 0.3 is 71.6 Å². The Morgan fingerprint density at radius 2 is 0.348 bits per heavy atom. The molecule has 48 nitrogen and oxygen atoms in total. The van der Waals surface area contributed by atoms with Gasteiger partial charge in [0.1, 0.15) is 124 Å². The van der Waals surface area contributed by atoms with Crippen LogP contribution in [0.1, 0.15) is 118 Å². The smallest absolute Gasteiger partial charge is 0.329 e. The second-order valence-electron chi connectivity index (χ2n) is 33.4. The molecule has 10 heterocycles. The number of hydrogen-bond acceptors (Lipinski definition) is 32. The Morgan fingerprint density at radius 1 is 0.232 bits per heavy atom. The maximum Gasteiger partial charge on any atom is 0.329 e. The van der Waals surface area contributed by atoms with E-state index in [-0.39, 0.29) is 97.4 Å². The standard InChI is InChI=1S/C90H120N4O44/c1-53-17-61-18-54(2)81(53)135-13-9-10-14-136-83-57(5)21-63(22-58(83)6)90(27-67(97)93-87(47-129-35-75(111)112,48-130-36-76(113)114)49-131-37-77(115)116,28-68(98)94-88(50-132-38-78(117)118,51-133-39-79(119)120)52-134-40-80(121)122)64-23-59(7)84(60(8)24-64)138-16-12-11-15-137-82-55(3)19-62(20-56(82)4)89(61,25-65(95)91-85(41-123-29-69(99)100,42-124-30-70(101)102)43-125-31-71(103)104)26-66(96)92-86(44-126-32-72(105)106,45-127-33-73(107)108)46-128-34-74(109)110/h17-24H,9-16,25-52H2,1-8H3,(H,91,95)(H,92,96)(H,93,97)(H,94,98)(H,99,100)(H,101,102)(H,103,104)(H,105,106)(H,107,108)(H,109,110)(H,111,112)(H,113,114)(H,115,116)(H,117,118)(H,119,120)(H,121,122). The number of ether oxygens (including phenoxy) is 16. The van der Waals surface area contributed by atoms with Crippen LogP contribution in [-0.2, 0) is 144 Å². The van der Waals surface area contributed by atoms with Crippen LogP contribution < -0.4 is 40.2 Å². The Bertz CT molecular complexity index is 4020. The van der Waals surface area contributed by atoms with Gasteiger partial charge in [0.2, 0.25) is 23.6 Å². The van der Waals surface area contributed by atoms with Gasteiger partial charge in [-0.3, -0.25) is 19.2 Å². The lowest BCUT2D eigenvalue weighted by atomic mass is 9.67. The number of carboxylic acid groups (broad SMARTS) is 12. The van der Waals surface area contributed by atoms with E-state index in [1.165, 1.54) is 0 Å². The van der Waals surface area contributed by atoms with Crippen LogP contribution in [0, 0.1) is 55.4 Å². The quantitative estimate of drug-likeness (QED) is 0.0299. The van der Waals surface area contributed by atoms with Crippen molar-refractivity contribution in [2.45, 2.75) is 140 Å². The van der Waals surface area contributed by atoms with Crippen molar-refractivity contribution in [3.8, 4) is 23.0 Å². The Morgan fingerprint density at radius 3 is 0.457 bits per heavy atom. The molecule has 0 saturated heterocycles. The fourth-order valence-corrected chi connectivity index (χ4v) is 15.6. The van der Waals surface area contributed by atoms with Crippen molar-refractivity contribution in [3.63, 3.8) is 0 Å². The average molecular weight is 1960 g/mol. The summed E-state index contributed by atoms with van der Waals surface area (Å²) in [6.45, 7) is -9.61. The first-order valence-corrected chi connectivity index (χ1v) is 42.8. The van der Waals surface area contributed by atoms with E-state index in [9.17, 15) is 119 Å². The summed E-state index contributed by atoms with van der Waals surface area (Å²) in [6.07, 6.45) is -2.52. The van der Waals surface area contributed by atoms with Gasteiger partial charge in [0.25, 0.3) is 0 Å². The molecule has 764 valence electrons. The minimum Gasteiger partial charge on any atom is -0.493 e. The number of aryl methyl sites for hydroxylation is 8. The van der Waals surface area contributed by atoms with E-state index in [1.54, 1.807) is 104 Å². The van der Waals surface area contributed by atoms with Crippen LogP contribution in [0.3, 0.4) is 0 Å². The van der Waals surface area contributed by atoms with Gasteiger partial charge in [-0.05, 0) is 148 Å². The highest BCUT2D eigenvalue weighted by atomic mass is 16.6. The number of hydrogen-bond donors (Lipinski definition) is 16. The Balaban J connectivity index is 1.85. The highest BCUT2D eigenvalue weighted by Crippen LogP contribution is 2.47. The van der Waals surface area contributed by atoms with Gasteiger partial charge in [-0.1, -0.05) is 48.5 Å².